The van der Waals surface area contributed by atoms with Crippen LogP contribution < -0.4 is 10.5 Å². The Morgan fingerprint density at radius 2 is 2.19 bits per heavy atom. The van der Waals surface area contributed by atoms with E-state index in [1.54, 1.807) is 0 Å². The Morgan fingerprint density at radius 1 is 1.44 bits per heavy atom. The maximum atomic E-state index is 6.20. The van der Waals surface area contributed by atoms with Gasteiger partial charge in [0.25, 0.3) is 0 Å². The lowest BCUT2D eigenvalue weighted by Gasteiger charge is -2.25. The fraction of sp³-hybridized carbons (Fsp3) is 0.500. The minimum absolute atomic E-state index is 0.295. The van der Waals surface area contributed by atoms with Crippen LogP contribution in [0.5, 0.6) is 5.75 Å². The van der Waals surface area contributed by atoms with Crippen LogP contribution in [0.4, 0.5) is 0 Å². The Hall–Kier alpha value is -0.770. The van der Waals surface area contributed by atoms with Crippen molar-refractivity contribution in [2.45, 2.75) is 32.4 Å². The van der Waals surface area contributed by atoms with Gasteiger partial charge >= 0.3 is 0 Å². The number of nitrogens with two attached hydrogens (primary N) is 1. The van der Waals surface area contributed by atoms with Crippen molar-refractivity contribution < 1.29 is 9.47 Å². The van der Waals surface area contributed by atoms with E-state index in [1.807, 2.05) is 26.0 Å². The van der Waals surface area contributed by atoms with Crippen molar-refractivity contribution in [1.82, 2.24) is 0 Å². The van der Waals surface area contributed by atoms with Crippen LogP contribution in [-0.4, -0.2) is 12.3 Å². The van der Waals surface area contributed by atoms with Gasteiger partial charge in [0.15, 0.2) is 6.79 Å². The molecule has 1 aromatic carbocycles. The summed E-state index contributed by atoms with van der Waals surface area (Å²) < 4.78 is 10.7. The van der Waals surface area contributed by atoms with Crippen LogP contribution in [0.1, 0.15) is 25.0 Å². The smallest absolute Gasteiger partial charge is 0.189 e. The van der Waals surface area contributed by atoms with Crippen LogP contribution in [0.25, 0.3) is 0 Å². The Morgan fingerprint density at radius 3 is 2.88 bits per heavy atom. The normalized spacial score (nSPS) is 15.5. The zero-order valence-electron chi connectivity index (χ0n) is 9.55. The molecule has 0 saturated carbocycles. The Bertz CT molecular complexity index is 399. The Labute approximate surface area is 100 Å². The van der Waals surface area contributed by atoms with Gasteiger partial charge in [-0.25, -0.2) is 0 Å². The maximum absolute atomic E-state index is 6.20. The second-order valence-corrected chi connectivity index (χ2v) is 5.19. The average Bonchev–Trinajstić information content (AvgIpc) is 2.21. The van der Waals surface area contributed by atoms with E-state index in [0.29, 0.717) is 19.8 Å². The number of rotatable bonds is 2. The number of halogens is 1. The molecule has 4 heteroatoms. The molecule has 0 unspecified atom stereocenters. The van der Waals surface area contributed by atoms with E-state index in [-0.39, 0.29) is 5.54 Å². The molecule has 0 bridgehead atoms. The first-order chi connectivity index (χ1) is 7.47. The molecule has 2 N–H and O–H groups in total. The van der Waals surface area contributed by atoms with Crippen molar-refractivity contribution in [2.24, 2.45) is 5.73 Å². The first kappa shape index (κ1) is 11.7. The summed E-state index contributed by atoms with van der Waals surface area (Å²) in [6, 6.07) is 3.74. The van der Waals surface area contributed by atoms with E-state index in [1.165, 1.54) is 0 Å². The molecule has 1 heterocycles. The van der Waals surface area contributed by atoms with Gasteiger partial charge in [0.05, 0.1) is 6.61 Å². The lowest BCUT2D eigenvalue weighted by molar-refractivity contribution is -0.0169. The third-order valence-corrected chi connectivity index (χ3v) is 2.86. The molecule has 1 aromatic rings. The molecule has 0 saturated heterocycles. The van der Waals surface area contributed by atoms with Gasteiger partial charge in [-0.2, -0.15) is 0 Å². The van der Waals surface area contributed by atoms with Crippen molar-refractivity contribution in [3.05, 3.63) is 28.3 Å². The van der Waals surface area contributed by atoms with Gasteiger partial charge in [0, 0.05) is 16.1 Å². The molecule has 16 heavy (non-hydrogen) atoms. The summed E-state index contributed by atoms with van der Waals surface area (Å²) in [6.07, 6.45) is 0.710. The number of hydrogen-bond acceptors (Lipinski definition) is 3. The predicted molar refractivity (Wildman–Crippen MR) is 63.7 cm³/mol. The largest absolute Gasteiger partial charge is 0.467 e. The maximum Gasteiger partial charge on any atom is 0.189 e. The molecular formula is C12H16ClNO2. The van der Waals surface area contributed by atoms with Gasteiger partial charge in [-0.1, -0.05) is 11.6 Å². The Balaban J connectivity index is 2.42. The van der Waals surface area contributed by atoms with Crippen molar-refractivity contribution >= 4 is 11.6 Å². The van der Waals surface area contributed by atoms with Crippen LogP contribution in [-0.2, 0) is 17.8 Å². The standard InChI is InChI=1S/C12H16ClNO2/c1-12(2,14)5-8-9-6-15-7-16-11(9)4-3-10(8)13/h3-4H,5-7,14H2,1-2H3. The SMILES string of the molecule is CC(C)(N)Cc1c(Cl)ccc2c1COCO2. The minimum atomic E-state index is -0.295. The summed E-state index contributed by atoms with van der Waals surface area (Å²) in [5, 5.41) is 0.728. The van der Waals surface area contributed by atoms with Gasteiger partial charge in [-0.05, 0) is 38.0 Å². The monoisotopic (exact) mass is 241 g/mol. The summed E-state index contributed by atoms with van der Waals surface area (Å²) >= 11 is 6.20. The highest BCUT2D eigenvalue weighted by Crippen LogP contribution is 2.33. The molecular weight excluding hydrogens is 226 g/mol. The van der Waals surface area contributed by atoms with Gasteiger partial charge in [-0.3, -0.25) is 0 Å². The second-order valence-electron chi connectivity index (χ2n) is 4.78. The van der Waals surface area contributed by atoms with E-state index in [4.69, 9.17) is 26.8 Å². The topological polar surface area (TPSA) is 44.5 Å². The van der Waals surface area contributed by atoms with Gasteiger partial charge in [-0.15, -0.1) is 0 Å². The quantitative estimate of drug-likeness (QED) is 0.865. The fourth-order valence-corrected chi connectivity index (χ4v) is 2.08. The molecule has 3 nitrogen and oxygen atoms in total. The highest BCUT2D eigenvalue weighted by atomic mass is 35.5. The molecule has 2 rings (SSSR count). The third kappa shape index (κ3) is 2.48. The number of benzene rings is 1. The van der Waals surface area contributed by atoms with Crippen LogP contribution in [0.2, 0.25) is 5.02 Å². The second kappa shape index (κ2) is 4.24. The van der Waals surface area contributed by atoms with E-state index >= 15 is 0 Å². The molecule has 0 aromatic heterocycles. The molecule has 0 amide bonds. The fourth-order valence-electron chi connectivity index (χ4n) is 1.83. The van der Waals surface area contributed by atoms with Gasteiger partial charge in [0.2, 0.25) is 0 Å². The average molecular weight is 242 g/mol. The summed E-state index contributed by atoms with van der Waals surface area (Å²) in [6.45, 7) is 4.81. The molecule has 0 radical (unpaired) electrons. The molecule has 0 spiro atoms. The molecule has 88 valence electrons. The van der Waals surface area contributed by atoms with Gasteiger partial charge < -0.3 is 15.2 Å². The van der Waals surface area contributed by atoms with Crippen LogP contribution in [0.3, 0.4) is 0 Å². The van der Waals surface area contributed by atoms with E-state index in [0.717, 1.165) is 21.9 Å². The van der Waals surface area contributed by atoms with Crippen molar-refractivity contribution in [3.63, 3.8) is 0 Å². The summed E-state index contributed by atoms with van der Waals surface area (Å²) in [4.78, 5) is 0. The molecule has 0 aliphatic carbocycles. The lowest BCUT2D eigenvalue weighted by Crippen LogP contribution is -2.35. The summed E-state index contributed by atoms with van der Waals surface area (Å²) in [5.74, 6) is 0.856. The summed E-state index contributed by atoms with van der Waals surface area (Å²) in [7, 11) is 0. The highest BCUT2D eigenvalue weighted by molar-refractivity contribution is 6.31. The molecule has 1 aliphatic rings. The number of hydrogen-bond donors (Lipinski definition) is 1. The molecule has 0 fully saturated rings. The predicted octanol–water partition coefficient (Wildman–Crippen LogP) is 2.49. The first-order valence-corrected chi connectivity index (χ1v) is 5.65. The zero-order valence-corrected chi connectivity index (χ0v) is 10.3. The van der Waals surface area contributed by atoms with Crippen molar-refractivity contribution in [1.29, 1.82) is 0 Å². The highest BCUT2D eigenvalue weighted by Gasteiger charge is 2.21. The molecule has 1 aliphatic heterocycles. The minimum Gasteiger partial charge on any atom is -0.467 e. The number of ether oxygens (including phenoxy) is 2. The molecule has 0 atom stereocenters. The van der Waals surface area contributed by atoms with E-state index in [2.05, 4.69) is 0 Å². The first-order valence-electron chi connectivity index (χ1n) is 5.27. The lowest BCUT2D eigenvalue weighted by atomic mass is 9.92. The zero-order chi connectivity index (χ0) is 11.8. The summed E-state index contributed by atoms with van der Waals surface area (Å²) in [5.41, 5.74) is 7.79. The van der Waals surface area contributed by atoms with Crippen molar-refractivity contribution in [3.8, 4) is 5.75 Å². The number of fused-ring (bicyclic) bond motifs is 1. The van der Waals surface area contributed by atoms with E-state index < -0.39 is 0 Å². The van der Waals surface area contributed by atoms with Crippen LogP contribution >= 0.6 is 11.6 Å². The van der Waals surface area contributed by atoms with Crippen LogP contribution in [0, 0.1) is 0 Å². The van der Waals surface area contributed by atoms with Crippen molar-refractivity contribution in [2.75, 3.05) is 6.79 Å². The Kier molecular flexibility index (Phi) is 3.10. The third-order valence-electron chi connectivity index (χ3n) is 2.51. The van der Waals surface area contributed by atoms with E-state index in [9.17, 15) is 0 Å². The van der Waals surface area contributed by atoms with Gasteiger partial charge in [0.1, 0.15) is 5.75 Å². The van der Waals surface area contributed by atoms with Crippen LogP contribution in [0.15, 0.2) is 12.1 Å².